The Bertz CT molecular complexity index is 614. The molecule has 0 amide bonds. The van der Waals surface area contributed by atoms with Gasteiger partial charge in [0.05, 0.1) is 28.9 Å². The Balaban J connectivity index is 2.23. The summed E-state index contributed by atoms with van der Waals surface area (Å²) in [6.45, 7) is 6.79. The second-order valence-electron chi connectivity index (χ2n) is 5.62. The van der Waals surface area contributed by atoms with E-state index in [9.17, 15) is 10.1 Å². The lowest BCUT2D eigenvalue weighted by atomic mass is 10.1. The minimum Gasteiger partial charge on any atom is -0.341 e. The van der Waals surface area contributed by atoms with E-state index in [0.29, 0.717) is 17.8 Å². The highest BCUT2D eigenvalue weighted by Crippen LogP contribution is 2.27. The maximum absolute atomic E-state index is 11.0. The number of nitro groups is 1. The zero-order valence-corrected chi connectivity index (χ0v) is 11.8. The molecule has 6 heteroatoms. The summed E-state index contributed by atoms with van der Waals surface area (Å²) in [6.07, 6.45) is 1.63. The topological polar surface area (TPSA) is 83.8 Å². The number of benzene rings is 1. The average molecular weight is 274 g/mol. The van der Waals surface area contributed by atoms with Crippen molar-refractivity contribution in [3.05, 3.63) is 46.4 Å². The predicted octanol–water partition coefficient (Wildman–Crippen LogP) is 2.87. The molecule has 106 valence electrons. The Morgan fingerprint density at radius 3 is 2.70 bits per heavy atom. The average Bonchev–Trinajstić information content (AvgIpc) is 2.84. The van der Waals surface area contributed by atoms with Crippen molar-refractivity contribution >= 4 is 5.69 Å². The molecule has 0 aliphatic carbocycles. The molecule has 1 aromatic heterocycles. The molecule has 0 saturated carbocycles. The Labute approximate surface area is 117 Å². The van der Waals surface area contributed by atoms with E-state index in [2.05, 4.69) is 36.1 Å². The number of nitro benzene ring substituents is 1. The van der Waals surface area contributed by atoms with Gasteiger partial charge in [0.2, 0.25) is 0 Å². The summed E-state index contributed by atoms with van der Waals surface area (Å²) < 4.78 is 0. The van der Waals surface area contributed by atoms with Crippen LogP contribution in [0.3, 0.4) is 0 Å². The molecular formula is C14H18N4O2. The minimum atomic E-state index is -0.386. The van der Waals surface area contributed by atoms with E-state index in [4.69, 9.17) is 0 Å². The van der Waals surface area contributed by atoms with Crippen molar-refractivity contribution < 1.29 is 4.92 Å². The van der Waals surface area contributed by atoms with Crippen molar-refractivity contribution in [2.24, 2.45) is 0 Å². The van der Waals surface area contributed by atoms with Crippen LogP contribution in [0.1, 0.15) is 26.6 Å². The number of aromatic amines is 1. The molecule has 2 aromatic rings. The van der Waals surface area contributed by atoms with Crippen LogP contribution in [0.5, 0.6) is 0 Å². The molecule has 1 aromatic carbocycles. The lowest BCUT2D eigenvalue weighted by Crippen LogP contribution is -2.35. The van der Waals surface area contributed by atoms with Gasteiger partial charge in [-0.2, -0.15) is 0 Å². The number of rotatable bonds is 4. The van der Waals surface area contributed by atoms with Crippen LogP contribution in [0.25, 0.3) is 11.3 Å². The molecule has 0 atom stereocenters. The molecular weight excluding hydrogens is 256 g/mol. The van der Waals surface area contributed by atoms with Crippen LogP contribution in [-0.4, -0.2) is 20.4 Å². The van der Waals surface area contributed by atoms with Gasteiger partial charge in [-0.25, -0.2) is 4.98 Å². The molecule has 0 radical (unpaired) electrons. The second-order valence-corrected chi connectivity index (χ2v) is 5.62. The van der Waals surface area contributed by atoms with Gasteiger partial charge < -0.3 is 10.3 Å². The number of H-pyrrole nitrogens is 1. The molecule has 0 aliphatic heterocycles. The smallest absolute Gasteiger partial charge is 0.278 e. The third kappa shape index (κ3) is 3.42. The summed E-state index contributed by atoms with van der Waals surface area (Å²) in [5.74, 6) is 0.757. The Kier molecular flexibility index (Phi) is 3.85. The number of aromatic nitrogens is 2. The molecule has 0 spiro atoms. The van der Waals surface area contributed by atoms with Crippen molar-refractivity contribution in [2.75, 3.05) is 0 Å². The van der Waals surface area contributed by atoms with Gasteiger partial charge in [0.25, 0.3) is 5.69 Å². The Morgan fingerprint density at radius 2 is 2.05 bits per heavy atom. The van der Waals surface area contributed by atoms with Crippen LogP contribution < -0.4 is 5.32 Å². The van der Waals surface area contributed by atoms with Crippen LogP contribution in [0.2, 0.25) is 0 Å². The summed E-state index contributed by atoms with van der Waals surface area (Å²) >= 11 is 0. The van der Waals surface area contributed by atoms with Crippen LogP contribution in [0.15, 0.2) is 30.5 Å². The largest absolute Gasteiger partial charge is 0.341 e. The molecule has 0 bridgehead atoms. The fraction of sp³-hybridized carbons (Fsp3) is 0.357. The quantitative estimate of drug-likeness (QED) is 0.663. The lowest BCUT2D eigenvalue weighted by Gasteiger charge is -2.19. The molecule has 0 fully saturated rings. The normalized spacial score (nSPS) is 11.6. The van der Waals surface area contributed by atoms with E-state index in [1.54, 1.807) is 24.4 Å². The van der Waals surface area contributed by atoms with Crippen LogP contribution in [0, 0.1) is 10.1 Å². The van der Waals surface area contributed by atoms with Crippen LogP contribution in [0.4, 0.5) is 5.69 Å². The maximum atomic E-state index is 11.0. The number of hydrogen-bond donors (Lipinski definition) is 2. The van der Waals surface area contributed by atoms with Gasteiger partial charge >= 0.3 is 0 Å². The molecule has 2 N–H and O–H groups in total. The number of nitrogens with zero attached hydrogens (tertiary/aromatic N) is 2. The second kappa shape index (κ2) is 5.42. The van der Waals surface area contributed by atoms with E-state index < -0.39 is 0 Å². The van der Waals surface area contributed by atoms with Crippen molar-refractivity contribution in [3.8, 4) is 11.3 Å². The van der Waals surface area contributed by atoms with Crippen molar-refractivity contribution in [2.45, 2.75) is 32.9 Å². The monoisotopic (exact) mass is 274 g/mol. The maximum Gasteiger partial charge on any atom is 0.278 e. The van der Waals surface area contributed by atoms with Crippen molar-refractivity contribution in [1.29, 1.82) is 0 Å². The van der Waals surface area contributed by atoms with Gasteiger partial charge in [-0.15, -0.1) is 0 Å². The number of nitrogens with one attached hydrogen (secondary N) is 2. The van der Waals surface area contributed by atoms with Gasteiger partial charge in [0, 0.05) is 11.6 Å². The number of para-hydroxylation sites is 1. The molecule has 2 rings (SSSR count). The number of hydrogen-bond acceptors (Lipinski definition) is 4. The molecule has 1 heterocycles. The van der Waals surface area contributed by atoms with Crippen LogP contribution in [-0.2, 0) is 6.54 Å². The third-order valence-corrected chi connectivity index (χ3v) is 2.81. The van der Waals surface area contributed by atoms with E-state index in [1.165, 1.54) is 6.07 Å². The standard InChI is InChI=1S/C14H18N4O2/c1-14(2,3)16-9-13-15-8-11(17-13)10-6-4-5-7-12(10)18(19)20/h4-8,16H,9H2,1-3H3,(H,15,17). The first-order valence-electron chi connectivity index (χ1n) is 6.39. The fourth-order valence-corrected chi connectivity index (χ4v) is 1.80. The first-order valence-corrected chi connectivity index (χ1v) is 6.39. The summed E-state index contributed by atoms with van der Waals surface area (Å²) in [7, 11) is 0. The Hall–Kier alpha value is -2.21. The first kappa shape index (κ1) is 14.2. The van der Waals surface area contributed by atoms with Gasteiger partial charge in [0.1, 0.15) is 5.82 Å². The van der Waals surface area contributed by atoms with Crippen molar-refractivity contribution in [3.63, 3.8) is 0 Å². The van der Waals surface area contributed by atoms with E-state index >= 15 is 0 Å². The lowest BCUT2D eigenvalue weighted by molar-refractivity contribution is -0.384. The summed E-state index contributed by atoms with van der Waals surface area (Å²) in [5.41, 5.74) is 1.27. The van der Waals surface area contributed by atoms with Crippen molar-refractivity contribution in [1.82, 2.24) is 15.3 Å². The van der Waals surface area contributed by atoms with Gasteiger partial charge in [-0.05, 0) is 26.8 Å². The van der Waals surface area contributed by atoms with E-state index in [-0.39, 0.29) is 16.1 Å². The fourth-order valence-electron chi connectivity index (χ4n) is 1.80. The highest BCUT2D eigenvalue weighted by Gasteiger charge is 2.16. The third-order valence-electron chi connectivity index (χ3n) is 2.81. The molecule has 0 unspecified atom stereocenters. The predicted molar refractivity (Wildman–Crippen MR) is 77.3 cm³/mol. The van der Waals surface area contributed by atoms with Gasteiger partial charge in [-0.1, -0.05) is 12.1 Å². The molecule has 20 heavy (non-hydrogen) atoms. The van der Waals surface area contributed by atoms with Crippen LogP contribution >= 0.6 is 0 Å². The van der Waals surface area contributed by atoms with Gasteiger partial charge in [-0.3, -0.25) is 10.1 Å². The first-order chi connectivity index (χ1) is 9.37. The van der Waals surface area contributed by atoms with E-state index in [0.717, 1.165) is 5.82 Å². The summed E-state index contributed by atoms with van der Waals surface area (Å²) in [5, 5.41) is 14.3. The zero-order chi connectivity index (χ0) is 14.8. The molecule has 0 aliphatic rings. The SMILES string of the molecule is CC(C)(C)NCc1ncc(-c2ccccc2[N+](=O)[O-])[nH]1. The Morgan fingerprint density at radius 1 is 1.35 bits per heavy atom. The summed E-state index contributed by atoms with van der Waals surface area (Å²) in [6, 6.07) is 6.63. The molecule has 6 nitrogen and oxygen atoms in total. The number of imidazole rings is 1. The minimum absolute atomic E-state index is 0.00824. The highest BCUT2D eigenvalue weighted by molar-refractivity contribution is 5.70. The van der Waals surface area contributed by atoms with Gasteiger partial charge in [0.15, 0.2) is 0 Å². The summed E-state index contributed by atoms with van der Waals surface area (Å²) in [4.78, 5) is 18.0. The highest BCUT2D eigenvalue weighted by atomic mass is 16.6. The molecule has 0 saturated heterocycles. The zero-order valence-electron chi connectivity index (χ0n) is 11.8. The van der Waals surface area contributed by atoms with E-state index in [1.807, 2.05) is 0 Å².